The monoisotopic (exact) mass is 538 g/mol. The van der Waals surface area contributed by atoms with Crippen molar-refractivity contribution < 1.29 is 23.8 Å². The topological polar surface area (TPSA) is 77.1 Å². The Morgan fingerprint density at radius 1 is 0.921 bits per heavy atom. The predicted molar refractivity (Wildman–Crippen MR) is 149 cm³/mol. The van der Waals surface area contributed by atoms with Crippen LogP contribution < -0.4 is 14.8 Å². The fourth-order valence-corrected chi connectivity index (χ4v) is 3.76. The van der Waals surface area contributed by atoms with Crippen LogP contribution in [-0.2, 0) is 17.9 Å². The minimum absolute atomic E-state index is 0.141. The number of hydrogen-bond acceptors (Lipinski definition) is 5. The Hall–Kier alpha value is -3.71. The summed E-state index contributed by atoms with van der Waals surface area (Å²) in [6.07, 6.45) is -0.524. The number of aryl methyl sites for hydroxylation is 1. The normalized spacial score (nSPS) is 11.0. The predicted octanol–water partition coefficient (Wildman–Crippen LogP) is 6.40. The SMILES string of the molecule is COc1cc(CN(CCNC(=O)OC(C)(C)C)C(=O)c2ccc(C)cc2)ccc1OCc1ccc(Cl)cc1. The van der Waals surface area contributed by atoms with E-state index in [-0.39, 0.29) is 12.5 Å². The van der Waals surface area contributed by atoms with Gasteiger partial charge in [0, 0.05) is 30.2 Å². The second-order valence-corrected chi connectivity index (χ2v) is 10.4. The van der Waals surface area contributed by atoms with E-state index < -0.39 is 11.7 Å². The van der Waals surface area contributed by atoms with Crippen molar-refractivity contribution in [3.8, 4) is 11.5 Å². The minimum atomic E-state index is -0.602. The Morgan fingerprint density at radius 3 is 2.21 bits per heavy atom. The minimum Gasteiger partial charge on any atom is -0.493 e. The maximum Gasteiger partial charge on any atom is 0.407 e. The van der Waals surface area contributed by atoms with Crippen LogP contribution in [0.3, 0.4) is 0 Å². The summed E-state index contributed by atoms with van der Waals surface area (Å²) in [4.78, 5) is 27.2. The van der Waals surface area contributed by atoms with Gasteiger partial charge in [0.15, 0.2) is 11.5 Å². The van der Waals surface area contributed by atoms with Gasteiger partial charge in [-0.15, -0.1) is 0 Å². The standard InChI is InChI=1S/C30H35ClN2O5/c1-21-6-11-24(12-7-21)28(34)33(17-16-32-29(35)38-30(2,3)4)19-23-10-15-26(27(18-23)36-5)37-20-22-8-13-25(31)14-9-22/h6-15,18H,16-17,19-20H2,1-5H3,(H,32,35). The van der Waals surface area contributed by atoms with Gasteiger partial charge in [0.25, 0.3) is 5.91 Å². The number of carbonyl (C=O) groups excluding carboxylic acids is 2. The first-order valence-corrected chi connectivity index (χ1v) is 12.8. The van der Waals surface area contributed by atoms with Crippen LogP contribution in [0.5, 0.6) is 11.5 Å². The Balaban J connectivity index is 1.73. The molecule has 0 fully saturated rings. The lowest BCUT2D eigenvalue weighted by Gasteiger charge is -2.25. The highest BCUT2D eigenvalue weighted by molar-refractivity contribution is 6.30. The maximum atomic E-state index is 13.4. The number of carbonyl (C=O) groups is 2. The number of ether oxygens (including phenoxy) is 3. The van der Waals surface area contributed by atoms with Crippen molar-refractivity contribution in [2.24, 2.45) is 0 Å². The van der Waals surface area contributed by atoms with Crippen LogP contribution in [0.15, 0.2) is 66.7 Å². The van der Waals surface area contributed by atoms with Gasteiger partial charge < -0.3 is 24.4 Å². The van der Waals surface area contributed by atoms with Gasteiger partial charge in [-0.25, -0.2) is 4.79 Å². The van der Waals surface area contributed by atoms with Crippen molar-refractivity contribution >= 4 is 23.6 Å². The van der Waals surface area contributed by atoms with Crippen molar-refractivity contribution in [1.82, 2.24) is 10.2 Å². The number of methoxy groups -OCH3 is 1. The third-order valence-corrected chi connectivity index (χ3v) is 5.80. The lowest BCUT2D eigenvalue weighted by molar-refractivity contribution is 0.0512. The van der Waals surface area contributed by atoms with E-state index >= 15 is 0 Å². The summed E-state index contributed by atoms with van der Waals surface area (Å²) in [5, 5.41) is 3.40. The van der Waals surface area contributed by atoms with Gasteiger partial charge >= 0.3 is 6.09 Å². The van der Waals surface area contributed by atoms with E-state index in [1.165, 1.54) is 0 Å². The van der Waals surface area contributed by atoms with Gasteiger partial charge in [-0.3, -0.25) is 4.79 Å². The lowest BCUT2D eigenvalue weighted by Crippen LogP contribution is -2.40. The molecule has 2 amide bonds. The molecule has 0 aliphatic rings. The van der Waals surface area contributed by atoms with E-state index in [4.69, 9.17) is 25.8 Å². The molecule has 0 spiro atoms. The summed E-state index contributed by atoms with van der Waals surface area (Å²) < 4.78 is 16.8. The molecule has 202 valence electrons. The molecule has 1 N–H and O–H groups in total. The molecule has 38 heavy (non-hydrogen) atoms. The van der Waals surface area contributed by atoms with Crippen molar-refractivity contribution in [3.63, 3.8) is 0 Å². The van der Waals surface area contributed by atoms with Gasteiger partial charge in [-0.1, -0.05) is 47.5 Å². The Labute approximate surface area is 229 Å². The van der Waals surface area contributed by atoms with Gasteiger partial charge in [-0.05, 0) is 75.2 Å². The van der Waals surface area contributed by atoms with E-state index in [0.29, 0.717) is 41.8 Å². The Bertz CT molecular complexity index is 1220. The molecule has 0 radical (unpaired) electrons. The zero-order chi connectivity index (χ0) is 27.7. The summed E-state index contributed by atoms with van der Waals surface area (Å²) in [6, 6.07) is 20.4. The molecular weight excluding hydrogens is 504 g/mol. The van der Waals surface area contributed by atoms with Crippen molar-refractivity contribution in [3.05, 3.63) is 94.0 Å². The van der Waals surface area contributed by atoms with Crippen LogP contribution in [0.2, 0.25) is 5.02 Å². The molecule has 0 aromatic heterocycles. The maximum absolute atomic E-state index is 13.4. The third-order valence-electron chi connectivity index (χ3n) is 5.54. The molecule has 0 saturated heterocycles. The number of nitrogens with one attached hydrogen (secondary N) is 1. The van der Waals surface area contributed by atoms with Gasteiger partial charge in [0.1, 0.15) is 12.2 Å². The molecule has 8 heteroatoms. The van der Waals surface area contributed by atoms with E-state index in [0.717, 1.165) is 16.7 Å². The van der Waals surface area contributed by atoms with E-state index in [1.54, 1.807) is 44.9 Å². The third kappa shape index (κ3) is 8.99. The quantitative estimate of drug-likeness (QED) is 0.323. The average molecular weight is 539 g/mol. The van der Waals surface area contributed by atoms with Gasteiger partial charge in [-0.2, -0.15) is 0 Å². The lowest BCUT2D eigenvalue weighted by atomic mass is 10.1. The van der Waals surface area contributed by atoms with Crippen LogP contribution in [0.4, 0.5) is 4.79 Å². The number of amides is 2. The van der Waals surface area contributed by atoms with Crippen LogP contribution in [0.25, 0.3) is 0 Å². The molecule has 3 rings (SSSR count). The molecule has 0 unspecified atom stereocenters. The zero-order valence-corrected chi connectivity index (χ0v) is 23.3. The number of rotatable bonds is 10. The van der Waals surface area contributed by atoms with Crippen LogP contribution in [-0.4, -0.2) is 42.7 Å². The van der Waals surface area contributed by atoms with Crippen molar-refractivity contribution in [2.75, 3.05) is 20.2 Å². The van der Waals surface area contributed by atoms with Crippen LogP contribution in [0.1, 0.15) is 47.8 Å². The van der Waals surface area contributed by atoms with Crippen molar-refractivity contribution in [2.45, 2.75) is 46.4 Å². The first-order chi connectivity index (χ1) is 18.0. The largest absolute Gasteiger partial charge is 0.493 e. The number of alkyl carbamates (subject to hydrolysis) is 1. The molecule has 0 heterocycles. The smallest absolute Gasteiger partial charge is 0.407 e. The highest BCUT2D eigenvalue weighted by atomic mass is 35.5. The van der Waals surface area contributed by atoms with Gasteiger partial charge in [0.2, 0.25) is 0 Å². The van der Waals surface area contributed by atoms with Crippen molar-refractivity contribution in [1.29, 1.82) is 0 Å². The summed E-state index contributed by atoms with van der Waals surface area (Å²) in [6.45, 7) is 8.59. The molecular formula is C30H35ClN2O5. The highest BCUT2D eigenvalue weighted by Crippen LogP contribution is 2.29. The number of hydrogen-bond donors (Lipinski definition) is 1. The fourth-order valence-electron chi connectivity index (χ4n) is 3.63. The first-order valence-electron chi connectivity index (χ1n) is 12.4. The second kappa shape index (κ2) is 13.2. The summed E-state index contributed by atoms with van der Waals surface area (Å²) in [5.74, 6) is 1.01. The van der Waals surface area contributed by atoms with Crippen LogP contribution >= 0.6 is 11.6 Å². The summed E-state index contributed by atoms with van der Waals surface area (Å²) >= 11 is 5.96. The summed E-state index contributed by atoms with van der Waals surface area (Å²) in [5.41, 5.74) is 2.88. The molecule has 3 aromatic rings. The first kappa shape index (κ1) is 28.9. The average Bonchev–Trinajstić information content (AvgIpc) is 2.87. The summed E-state index contributed by atoms with van der Waals surface area (Å²) in [7, 11) is 1.58. The van der Waals surface area contributed by atoms with Gasteiger partial charge in [0.05, 0.1) is 7.11 Å². The molecule has 3 aromatic carbocycles. The number of halogens is 1. The second-order valence-electron chi connectivity index (χ2n) is 9.92. The highest BCUT2D eigenvalue weighted by Gasteiger charge is 2.19. The van der Waals surface area contributed by atoms with E-state index in [9.17, 15) is 9.59 Å². The zero-order valence-electron chi connectivity index (χ0n) is 22.5. The Morgan fingerprint density at radius 2 is 1.58 bits per heavy atom. The number of benzene rings is 3. The van der Waals surface area contributed by atoms with Crippen LogP contribution in [0, 0.1) is 6.92 Å². The Kier molecular flexibility index (Phi) is 10.0. The molecule has 0 atom stereocenters. The molecule has 0 aliphatic carbocycles. The van der Waals surface area contributed by atoms with E-state index in [1.807, 2.05) is 61.5 Å². The van der Waals surface area contributed by atoms with E-state index in [2.05, 4.69) is 5.32 Å². The molecule has 0 bridgehead atoms. The molecule has 0 aliphatic heterocycles. The fraction of sp³-hybridized carbons (Fsp3) is 0.333. The molecule has 7 nitrogen and oxygen atoms in total. The number of nitrogens with zero attached hydrogens (tertiary/aromatic N) is 1. The molecule has 0 saturated carbocycles.